The summed E-state index contributed by atoms with van der Waals surface area (Å²) in [4.78, 5) is 2.43. The number of piperidine rings is 1. The summed E-state index contributed by atoms with van der Waals surface area (Å²) in [5.74, 6) is 0.888. The number of morpholine rings is 1. The molecule has 0 unspecified atom stereocenters. The number of hydrogen-bond donors (Lipinski definition) is 2. The van der Waals surface area contributed by atoms with Crippen molar-refractivity contribution in [1.29, 1.82) is 0 Å². The molecule has 2 aliphatic rings. The smallest absolute Gasteiger partial charge is 0.0726 e. The molecule has 1 aromatic carbocycles. The molecule has 0 bridgehead atoms. The van der Waals surface area contributed by atoms with E-state index in [9.17, 15) is 0 Å². The highest BCUT2D eigenvalue weighted by molar-refractivity contribution is 5.55. The van der Waals surface area contributed by atoms with Crippen molar-refractivity contribution in [1.82, 2.24) is 5.32 Å². The zero-order valence-electron chi connectivity index (χ0n) is 14.6. The predicted octanol–water partition coefficient (Wildman–Crippen LogP) is 3.10. The minimum Gasteiger partial charge on any atom is -0.385 e. The number of ether oxygens (including phenoxy) is 1. The van der Waals surface area contributed by atoms with Gasteiger partial charge in [-0.3, -0.25) is 0 Å². The van der Waals surface area contributed by atoms with Crippen LogP contribution >= 0.6 is 0 Å². The zero-order valence-corrected chi connectivity index (χ0v) is 14.6. The summed E-state index contributed by atoms with van der Waals surface area (Å²) in [5, 5.41) is 7.01. The molecule has 128 valence electrons. The van der Waals surface area contributed by atoms with Crippen LogP contribution in [-0.4, -0.2) is 44.9 Å². The first kappa shape index (κ1) is 16.6. The molecule has 4 nitrogen and oxygen atoms in total. The van der Waals surface area contributed by atoms with E-state index in [2.05, 4.69) is 53.6 Å². The maximum absolute atomic E-state index is 5.81. The predicted molar refractivity (Wildman–Crippen MR) is 97.4 cm³/mol. The highest BCUT2D eigenvalue weighted by Crippen LogP contribution is 2.23. The molecule has 0 spiro atoms. The van der Waals surface area contributed by atoms with Crippen molar-refractivity contribution in [3.63, 3.8) is 0 Å². The van der Waals surface area contributed by atoms with Crippen LogP contribution in [0, 0.1) is 5.92 Å². The second-order valence-electron chi connectivity index (χ2n) is 7.12. The lowest BCUT2D eigenvalue weighted by Crippen LogP contribution is -2.45. The fraction of sp³-hybridized carbons (Fsp3) is 0.684. The molecule has 2 saturated heterocycles. The molecule has 23 heavy (non-hydrogen) atoms. The summed E-state index contributed by atoms with van der Waals surface area (Å²) in [7, 11) is 0. The van der Waals surface area contributed by atoms with Gasteiger partial charge in [-0.05, 0) is 76.4 Å². The number of rotatable bonds is 5. The maximum Gasteiger partial charge on any atom is 0.0726 e. The van der Waals surface area contributed by atoms with Crippen LogP contribution < -0.4 is 15.5 Å². The molecule has 2 atom stereocenters. The van der Waals surface area contributed by atoms with E-state index in [-0.39, 0.29) is 0 Å². The highest BCUT2D eigenvalue weighted by atomic mass is 16.5. The molecule has 2 N–H and O–H groups in total. The third-order valence-corrected chi connectivity index (χ3v) is 4.99. The number of hydrogen-bond acceptors (Lipinski definition) is 4. The van der Waals surface area contributed by atoms with Crippen LogP contribution in [-0.2, 0) is 4.74 Å². The summed E-state index contributed by atoms with van der Waals surface area (Å²) in [6.45, 7) is 9.72. The minimum absolute atomic E-state index is 0.307. The molecule has 3 rings (SSSR count). The largest absolute Gasteiger partial charge is 0.385 e. The molecular weight excluding hydrogens is 286 g/mol. The fourth-order valence-electron chi connectivity index (χ4n) is 3.77. The Balaban J connectivity index is 1.46. The van der Waals surface area contributed by atoms with Crippen LogP contribution in [0.3, 0.4) is 0 Å². The number of anilines is 2. The molecule has 0 saturated carbocycles. The van der Waals surface area contributed by atoms with Crippen LogP contribution in [0.4, 0.5) is 11.4 Å². The Labute approximate surface area is 140 Å². The second-order valence-corrected chi connectivity index (χ2v) is 7.12. The van der Waals surface area contributed by atoms with Crippen molar-refractivity contribution in [3.05, 3.63) is 24.3 Å². The van der Waals surface area contributed by atoms with Crippen LogP contribution in [0.5, 0.6) is 0 Å². The van der Waals surface area contributed by atoms with Gasteiger partial charge in [0.15, 0.2) is 0 Å². The Bertz CT molecular complexity index is 460. The molecule has 0 radical (unpaired) electrons. The number of nitrogens with zero attached hydrogens (tertiary/aromatic N) is 1. The third-order valence-electron chi connectivity index (χ3n) is 4.99. The zero-order chi connectivity index (χ0) is 16.1. The van der Waals surface area contributed by atoms with Gasteiger partial charge in [-0.1, -0.05) is 0 Å². The lowest BCUT2D eigenvalue weighted by atomic mass is 9.95. The van der Waals surface area contributed by atoms with Crippen molar-refractivity contribution in [3.8, 4) is 0 Å². The van der Waals surface area contributed by atoms with E-state index in [0.29, 0.717) is 12.2 Å². The van der Waals surface area contributed by atoms with E-state index in [0.717, 1.165) is 25.6 Å². The average Bonchev–Trinajstić information content (AvgIpc) is 2.56. The maximum atomic E-state index is 5.81. The Hall–Kier alpha value is -1.26. The van der Waals surface area contributed by atoms with E-state index >= 15 is 0 Å². The van der Waals surface area contributed by atoms with Gasteiger partial charge in [-0.2, -0.15) is 0 Å². The summed E-state index contributed by atoms with van der Waals surface area (Å²) in [6.07, 6.45) is 4.55. The van der Waals surface area contributed by atoms with Gasteiger partial charge in [-0.25, -0.2) is 0 Å². The van der Waals surface area contributed by atoms with Gasteiger partial charge >= 0.3 is 0 Å². The Morgan fingerprint density at radius 1 is 1.09 bits per heavy atom. The molecule has 2 fully saturated rings. The fourth-order valence-corrected chi connectivity index (χ4v) is 3.77. The first-order valence-corrected chi connectivity index (χ1v) is 9.16. The Kier molecular flexibility index (Phi) is 5.79. The van der Waals surface area contributed by atoms with Gasteiger partial charge in [0.05, 0.1) is 12.2 Å². The topological polar surface area (TPSA) is 36.5 Å². The summed E-state index contributed by atoms with van der Waals surface area (Å²) in [6, 6.07) is 8.89. The van der Waals surface area contributed by atoms with Crippen molar-refractivity contribution in [2.45, 2.75) is 45.3 Å². The Morgan fingerprint density at radius 3 is 2.39 bits per heavy atom. The van der Waals surface area contributed by atoms with E-state index < -0.39 is 0 Å². The first-order chi connectivity index (χ1) is 11.2. The van der Waals surface area contributed by atoms with Gasteiger partial charge in [-0.15, -0.1) is 0 Å². The molecule has 0 aliphatic carbocycles. The van der Waals surface area contributed by atoms with Crippen molar-refractivity contribution >= 4 is 11.4 Å². The van der Waals surface area contributed by atoms with E-state index in [4.69, 9.17) is 4.74 Å². The molecule has 0 amide bonds. The average molecular weight is 317 g/mol. The third kappa shape index (κ3) is 4.85. The van der Waals surface area contributed by atoms with Crippen LogP contribution in [0.1, 0.15) is 33.1 Å². The standard InChI is InChI=1S/C19H31N3O/c1-15-13-22(14-16(2)23-15)19-5-3-18(4-6-19)21-12-9-17-7-10-20-11-8-17/h3-6,15-17,20-21H,7-14H2,1-2H3/t15-,16+. The van der Waals surface area contributed by atoms with Crippen molar-refractivity contribution in [2.75, 3.05) is 42.9 Å². The highest BCUT2D eigenvalue weighted by Gasteiger charge is 2.22. The molecule has 4 heteroatoms. The molecule has 0 aromatic heterocycles. The van der Waals surface area contributed by atoms with Gasteiger partial charge in [0, 0.05) is 31.0 Å². The monoisotopic (exact) mass is 317 g/mol. The first-order valence-electron chi connectivity index (χ1n) is 9.16. The molecular formula is C19H31N3O. The molecule has 2 aliphatic heterocycles. The lowest BCUT2D eigenvalue weighted by molar-refractivity contribution is -0.00521. The lowest BCUT2D eigenvalue weighted by Gasteiger charge is -2.36. The van der Waals surface area contributed by atoms with Crippen LogP contribution in [0.25, 0.3) is 0 Å². The summed E-state index contributed by atoms with van der Waals surface area (Å²) >= 11 is 0. The summed E-state index contributed by atoms with van der Waals surface area (Å²) in [5.41, 5.74) is 2.54. The second kappa shape index (κ2) is 8.02. The van der Waals surface area contributed by atoms with E-state index in [1.54, 1.807) is 0 Å². The Morgan fingerprint density at radius 2 is 1.74 bits per heavy atom. The quantitative estimate of drug-likeness (QED) is 0.875. The SMILES string of the molecule is C[C@@H]1CN(c2ccc(NCCC3CCNCC3)cc2)C[C@H](C)O1. The van der Waals surface area contributed by atoms with Crippen molar-refractivity contribution in [2.24, 2.45) is 5.92 Å². The van der Waals surface area contributed by atoms with Gasteiger partial charge in [0.25, 0.3) is 0 Å². The normalized spacial score (nSPS) is 26.3. The van der Waals surface area contributed by atoms with Gasteiger partial charge in [0.1, 0.15) is 0 Å². The summed E-state index contributed by atoms with van der Waals surface area (Å²) < 4.78 is 5.81. The number of benzene rings is 1. The molecule has 1 aromatic rings. The van der Waals surface area contributed by atoms with E-state index in [1.165, 1.54) is 43.7 Å². The van der Waals surface area contributed by atoms with Crippen molar-refractivity contribution < 1.29 is 4.74 Å². The minimum atomic E-state index is 0.307. The van der Waals surface area contributed by atoms with Crippen LogP contribution in [0.15, 0.2) is 24.3 Å². The van der Waals surface area contributed by atoms with E-state index in [1.807, 2.05) is 0 Å². The van der Waals surface area contributed by atoms with Crippen LogP contribution in [0.2, 0.25) is 0 Å². The number of nitrogens with one attached hydrogen (secondary N) is 2. The van der Waals surface area contributed by atoms with Gasteiger partial charge in [0.2, 0.25) is 0 Å². The molecule has 2 heterocycles. The van der Waals surface area contributed by atoms with Gasteiger partial charge < -0.3 is 20.3 Å².